The van der Waals surface area contributed by atoms with Crippen molar-refractivity contribution in [2.75, 3.05) is 0 Å². The largest absolute Gasteiger partial charge is 0.504 e. The van der Waals surface area contributed by atoms with E-state index >= 15 is 0 Å². The molecule has 4 rings (SSSR count). The number of aliphatic hydroxyl groups excluding tert-OH is 2. The van der Waals surface area contributed by atoms with Gasteiger partial charge in [0.2, 0.25) is 0 Å². The topological polar surface area (TPSA) is 57.5 Å². The number of hydrogen-bond donors (Lipinski definition) is 2. The van der Waals surface area contributed by atoms with Crippen LogP contribution in [0.15, 0.2) is 11.3 Å². The number of aliphatic hydroxyl groups is 2. The van der Waals surface area contributed by atoms with E-state index in [0.29, 0.717) is 30.1 Å². The highest BCUT2D eigenvalue weighted by atomic mass is 16.3. The Labute approximate surface area is 126 Å². The van der Waals surface area contributed by atoms with E-state index in [9.17, 15) is 15.0 Å². The summed E-state index contributed by atoms with van der Waals surface area (Å²) < 4.78 is 0. The van der Waals surface area contributed by atoms with Crippen molar-refractivity contribution in [1.82, 2.24) is 0 Å². The summed E-state index contributed by atoms with van der Waals surface area (Å²) in [5.74, 6) is 2.46. The van der Waals surface area contributed by atoms with E-state index in [1.54, 1.807) is 0 Å². The van der Waals surface area contributed by atoms with Gasteiger partial charge in [-0.25, -0.2) is 0 Å². The zero-order valence-corrected chi connectivity index (χ0v) is 12.8. The van der Waals surface area contributed by atoms with Crippen molar-refractivity contribution in [3.8, 4) is 0 Å². The van der Waals surface area contributed by atoms with Crippen molar-refractivity contribution in [2.45, 2.75) is 64.4 Å². The van der Waals surface area contributed by atoms with Gasteiger partial charge in [0.05, 0.1) is 6.10 Å². The fraction of sp³-hybridized carbons (Fsp3) is 0.833. The van der Waals surface area contributed by atoms with Crippen molar-refractivity contribution >= 4 is 5.78 Å². The minimum Gasteiger partial charge on any atom is -0.504 e. The molecule has 6 atom stereocenters. The van der Waals surface area contributed by atoms with Gasteiger partial charge in [0.25, 0.3) is 0 Å². The van der Waals surface area contributed by atoms with Crippen molar-refractivity contribution in [2.24, 2.45) is 29.1 Å². The lowest BCUT2D eigenvalue weighted by atomic mass is 9.52. The van der Waals surface area contributed by atoms with Gasteiger partial charge in [0.15, 0.2) is 11.5 Å². The van der Waals surface area contributed by atoms with Crippen molar-refractivity contribution in [1.29, 1.82) is 0 Å². The zero-order chi connectivity index (χ0) is 14.8. The van der Waals surface area contributed by atoms with Crippen LogP contribution in [0.5, 0.6) is 0 Å². The second kappa shape index (κ2) is 4.58. The molecule has 0 spiro atoms. The smallest absolute Gasteiger partial charge is 0.197 e. The maximum atomic E-state index is 11.7. The monoisotopic (exact) mass is 290 g/mol. The van der Waals surface area contributed by atoms with Crippen LogP contribution >= 0.6 is 0 Å². The maximum absolute atomic E-state index is 11.7. The lowest BCUT2D eigenvalue weighted by Crippen LogP contribution is -2.47. The Morgan fingerprint density at radius 3 is 2.67 bits per heavy atom. The Bertz CT molecular complexity index is 509. The van der Waals surface area contributed by atoms with Gasteiger partial charge >= 0.3 is 0 Å². The SMILES string of the molecule is C[C@]12CC[C@H]3[C@@H](CCC4=C(O)C(=O)CC[C@H]43)[C@H]1CC[C@@H]2O. The first-order valence-corrected chi connectivity index (χ1v) is 8.65. The number of Topliss-reactive ketones (excluding diaryl/α,β-unsaturated/α-hetero) is 1. The maximum Gasteiger partial charge on any atom is 0.197 e. The Morgan fingerprint density at radius 1 is 1.05 bits per heavy atom. The third-order valence-electron chi connectivity index (χ3n) is 7.40. The van der Waals surface area contributed by atoms with Gasteiger partial charge in [0.1, 0.15) is 0 Å². The molecule has 116 valence electrons. The summed E-state index contributed by atoms with van der Waals surface area (Å²) in [5.41, 5.74) is 1.18. The molecule has 0 aliphatic heterocycles. The van der Waals surface area contributed by atoms with Crippen LogP contribution in [0.25, 0.3) is 0 Å². The van der Waals surface area contributed by atoms with Crippen LogP contribution in [-0.4, -0.2) is 22.1 Å². The van der Waals surface area contributed by atoms with Gasteiger partial charge in [-0.15, -0.1) is 0 Å². The quantitative estimate of drug-likeness (QED) is 0.719. The average Bonchev–Trinajstić information content (AvgIpc) is 2.78. The summed E-state index contributed by atoms with van der Waals surface area (Å²) in [7, 11) is 0. The van der Waals surface area contributed by atoms with Crippen LogP contribution < -0.4 is 0 Å². The molecule has 3 heteroatoms. The second-order valence-corrected chi connectivity index (χ2v) is 8.05. The summed E-state index contributed by atoms with van der Waals surface area (Å²) in [6, 6.07) is 0. The Kier molecular flexibility index (Phi) is 3.01. The van der Waals surface area contributed by atoms with Gasteiger partial charge in [-0.1, -0.05) is 6.92 Å². The molecule has 2 N–H and O–H groups in total. The van der Waals surface area contributed by atoms with Crippen LogP contribution in [0.1, 0.15) is 58.3 Å². The van der Waals surface area contributed by atoms with E-state index in [-0.39, 0.29) is 23.1 Å². The van der Waals surface area contributed by atoms with E-state index in [4.69, 9.17) is 0 Å². The Balaban J connectivity index is 1.66. The number of hydrogen-bond acceptors (Lipinski definition) is 3. The third-order valence-corrected chi connectivity index (χ3v) is 7.40. The van der Waals surface area contributed by atoms with Crippen LogP contribution in [-0.2, 0) is 4.79 Å². The minimum absolute atomic E-state index is 0.0448. The van der Waals surface area contributed by atoms with Crippen LogP contribution in [0, 0.1) is 29.1 Å². The van der Waals surface area contributed by atoms with Crippen molar-refractivity contribution in [3.63, 3.8) is 0 Å². The molecule has 21 heavy (non-hydrogen) atoms. The van der Waals surface area contributed by atoms with Gasteiger partial charge in [-0.05, 0) is 79.6 Å². The molecule has 3 fully saturated rings. The molecule has 0 aromatic heterocycles. The lowest BCUT2D eigenvalue weighted by molar-refractivity contribution is -0.120. The summed E-state index contributed by atoms with van der Waals surface area (Å²) in [6.07, 6.45) is 7.72. The molecule has 0 aromatic carbocycles. The van der Waals surface area contributed by atoms with Gasteiger partial charge < -0.3 is 10.2 Å². The number of rotatable bonds is 0. The number of carbonyl (C=O) groups excluding carboxylic acids is 1. The van der Waals surface area contributed by atoms with Crippen molar-refractivity contribution in [3.05, 3.63) is 11.3 Å². The molecule has 4 aliphatic carbocycles. The second-order valence-electron chi connectivity index (χ2n) is 8.05. The third kappa shape index (κ3) is 1.79. The van der Waals surface area contributed by atoms with Gasteiger partial charge in [-0.2, -0.15) is 0 Å². The molecule has 0 bridgehead atoms. The first-order chi connectivity index (χ1) is 10.0. The molecular formula is C18H26O3. The lowest BCUT2D eigenvalue weighted by Gasteiger charge is -2.53. The number of ketones is 1. The predicted molar refractivity (Wildman–Crippen MR) is 79.7 cm³/mol. The average molecular weight is 290 g/mol. The molecule has 0 radical (unpaired) electrons. The summed E-state index contributed by atoms with van der Waals surface area (Å²) in [5, 5.41) is 20.5. The summed E-state index contributed by atoms with van der Waals surface area (Å²) in [4.78, 5) is 11.7. The Morgan fingerprint density at radius 2 is 1.86 bits per heavy atom. The highest BCUT2D eigenvalue weighted by Crippen LogP contribution is 2.61. The fourth-order valence-corrected chi connectivity index (χ4v) is 6.24. The molecule has 3 saturated carbocycles. The number of fused-ring (bicyclic) bond motifs is 5. The van der Waals surface area contributed by atoms with E-state index in [2.05, 4.69) is 6.92 Å². The van der Waals surface area contributed by atoms with E-state index < -0.39 is 0 Å². The van der Waals surface area contributed by atoms with E-state index in [1.165, 1.54) is 0 Å². The molecule has 0 unspecified atom stereocenters. The van der Waals surface area contributed by atoms with Gasteiger partial charge in [-0.3, -0.25) is 4.79 Å². The van der Waals surface area contributed by atoms with Gasteiger partial charge in [0, 0.05) is 6.42 Å². The highest BCUT2D eigenvalue weighted by molar-refractivity contribution is 5.94. The summed E-state index contributed by atoms with van der Waals surface area (Å²) in [6.45, 7) is 2.29. The van der Waals surface area contributed by atoms with Crippen LogP contribution in [0.4, 0.5) is 0 Å². The molecule has 0 saturated heterocycles. The minimum atomic E-state index is -0.123. The standard InChI is InChI=1S/C18H26O3/c1-18-9-8-11-10-4-6-15(19)17(21)13(10)3-2-12(11)14(18)5-7-16(18)20/h10-12,14,16,20-21H,2-9H2,1H3/t10-,11+,12+,14+,16-,18-/m0/s1. The first-order valence-electron chi connectivity index (χ1n) is 8.65. The Hall–Kier alpha value is -0.830. The molecular weight excluding hydrogens is 264 g/mol. The normalized spacial score (nSPS) is 49.6. The van der Waals surface area contributed by atoms with Crippen LogP contribution in [0.3, 0.4) is 0 Å². The predicted octanol–water partition coefficient (Wildman–Crippen LogP) is 3.37. The van der Waals surface area contributed by atoms with E-state index in [1.807, 2.05) is 0 Å². The van der Waals surface area contributed by atoms with Crippen LogP contribution in [0.2, 0.25) is 0 Å². The highest BCUT2D eigenvalue weighted by Gasteiger charge is 2.56. The number of carbonyl (C=O) groups is 1. The first kappa shape index (κ1) is 13.8. The molecule has 0 aromatic rings. The fourth-order valence-electron chi connectivity index (χ4n) is 6.24. The molecule has 0 heterocycles. The molecule has 3 nitrogen and oxygen atoms in total. The molecule has 4 aliphatic rings. The summed E-state index contributed by atoms with van der Waals surface area (Å²) >= 11 is 0. The van der Waals surface area contributed by atoms with E-state index in [0.717, 1.165) is 50.5 Å². The number of allylic oxidation sites excluding steroid dienone is 1. The molecule has 0 amide bonds. The zero-order valence-electron chi connectivity index (χ0n) is 12.8. The van der Waals surface area contributed by atoms with Crippen molar-refractivity contribution < 1.29 is 15.0 Å².